The second kappa shape index (κ2) is 7.51. The Kier molecular flexibility index (Phi) is 5.18. The molecule has 3 aliphatic rings. The normalized spacial score (nSPS) is 28.0. The third-order valence-electron chi connectivity index (χ3n) is 4.96. The Balaban J connectivity index is 1.66. The van der Waals surface area contributed by atoms with Crippen molar-refractivity contribution in [2.75, 3.05) is 7.11 Å². The first-order chi connectivity index (χ1) is 11.7. The first kappa shape index (κ1) is 16.6. The summed E-state index contributed by atoms with van der Waals surface area (Å²) < 4.78 is 10.3. The van der Waals surface area contributed by atoms with E-state index in [1.165, 1.54) is 7.11 Å². The van der Waals surface area contributed by atoms with Crippen molar-refractivity contribution in [2.24, 2.45) is 17.8 Å². The Morgan fingerprint density at radius 2 is 1.83 bits per heavy atom. The number of esters is 1. The lowest BCUT2D eigenvalue weighted by molar-refractivity contribution is -0.148. The van der Waals surface area contributed by atoms with Crippen LogP contribution in [0.3, 0.4) is 0 Å². The minimum atomic E-state index is -0.487. The monoisotopic (exact) mass is 329 g/mol. The third kappa shape index (κ3) is 3.61. The quantitative estimate of drug-likeness (QED) is 0.681. The number of fused-ring (bicyclic) bond motifs is 3. The summed E-state index contributed by atoms with van der Waals surface area (Å²) in [7, 11) is 1.40. The Labute approximate surface area is 142 Å². The smallest absolute Gasteiger partial charge is 0.407 e. The van der Waals surface area contributed by atoms with Crippen molar-refractivity contribution in [1.82, 2.24) is 5.32 Å². The fraction of sp³-hybridized carbons (Fsp3) is 0.474. The number of rotatable bonds is 4. The van der Waals surface area contributed by atoms with Crippen molar-refractivity contribution < 1.29 is 19.1 Å². The Bertz CT molecular complexity index is 613. The summed E-state index contributed by atoms with van der Waals surface area (Å²) in [5.74, 6) is -0.325. The molecular formula is C19H23NO4. The summed E-state index contributed by atoms with van der Waals surface area (Å²) >= 11 is 0. The maximum absolute atomic E-state index is 12.2. The molecule has 4 rings (SSSR count). The highest BCUT2D eigenvalue weighted by molar-refractivity contribution is 5.76. The zero-order valence-corrected chi connectivity index (χ0v) is 13.8. The molecule has 0 spiro atoms. The van der Waals surface area contributed by atoms with Gasteiger partial charge in [-0.05, 0) is 30.2 Å². The highest BCUT2D eigenvalue weighted by atomic mass is 16.5. The molecule has 1 N–H and O–H groups in total. The van der Waals surface area contributed by atoms with Crippen molar-refractivity contribution in [3.05, 3.63) is 48.0 Å². The number of hydrogen-bond acceptors (Lipinski definition) is 4. The van der Waals surface area contributed by atoms with Gasteiger partial charge in [-0.25, -0.2) is 4.79 Å². The average Bonchev–Trinajstić information content (AvgIpc) is 2.94. The number of alkyl carbamates (subject to hydrolysis) is 1. The maximum atomic E-state index is 12.2. The van der Waals surface area contributed by atoms with Gasteiger partial charge in [0, 0.05) is 0 Å². The largest absolute Gasteiger partial charge is 0.469 e. The van der Waals surface area contributed by atoms with Gasteiger partial charge in [-0.3, -0.25) is 4.79 Å². The average molecular weight is 329 g/mol. The van der Waals surface area contributed by atoms with E-state index in [0.717, 1.165) is 24.8 Å². The summed E-state index contributed by atoms with van der Waals surface area (Å²) in [6, 6.07) is 9.26. The number of nitrogens with one attached hydrogen (secondary N) is 1. The molecule has 4 atom stereocenters. The maximum Gasteiger partial charge on any atom is 0.407 e. The van der Waals surface area contributed by atoms with Crippen molar-refractivity contribution in [3.8, 4) is 0 Å². The predicted molar refractivity (Wildman–Crippen MR) is 89.0 cm³/mol. The van der Waals surface area contributed by atoms with Gasteiger partial charge in [0.05, 0.1) is 19.1 Å². The zero-order valence-electron chi connectivity index (χ0n) is 13.8. The van der Waals surface area contributed by atoms with Crippen molar-refractivity contribution >= 4 is 12.1 Å². The molecule has 0 aromatic heterocycles. The number of methoxy groups -OCH3 is 1. The second-order valence-electron chi connectivity index (χ2n) is 6.42. The minimum absolute atomic E-state index is 0.121. The topological polar surface area (TPSA) is 64.6 Å². The fourth-order valence-corrected chi connectivity index (χ4v) is 3.75. The van der Waals surface area contributed by atoms with E-state index in [0.29, 0.717) is 0 Å². The number of carbonyl (C=O) groups excluding carboxylic acids is 2. The lowest BCUT2D eigenvalue weighted by atomic mass is 9.76. The van der Waals surface area contributed by atoms with Crippen LogP contribution in [-0.2, 0) is 20.9 Å². The van der Waals surface area contributed by atoms with E-state index < -0.39 is 6.09 Å². The van der Waals surface area contributed by atoms with Crippen molar-refractivity contribution in [3.63, 3.8) is 0 Å². The van der Waals surface area contributed by atoms with Crippen molar-refractivity contribution in [2.45, 2.75) is 31.9 Å². The predicted octanol–water partition coefficient (Wildman–Crippen LogP) is 3.06. The molecule has 1 amide bonds. The zero-order chi connectivity index (χ0) is 16.9. The van der Waals surface area contributed by atoms with E-state index in [-0.39, 0.29) is 36.4 Å². The van der Waals surface area contributed by atoms with Crippen LogP contribution in [0.25, 0.3) is 0 Å². The minimum Gasteiger partial charge on any atom is -0.469 e. The van der Waals surface area contributed by atoms with Crippen LogP contribution in [0.15, 0.2) is 42.5 Å². The first-order valence-corrected chi connectivity index (χ1v) is 8.42. The van der Waals surface area contributed by atoms with Crippen LogP contribution in [0.1, 0.15) is 24.8 Å². The molecule has 1 saturated carbocycles. The van der Waals surface area contributed by atoms with Crippen LogP contribution in [0.5, 0.6) is 0 Å². The molecule has 0 saturated heterocycles. The molecule has 5 heteroatoms. The van der Waals surface area contributed by atoms with Gasteiger partial charge in [0.1, 0.15) is 6.61 Å². The standard InChI is InChI=1S/C19H23NO4/c1-23-18(21)16-14-8-5-9-15(11-10-14)17(16)20-19(22)24-12-13-6-3-2-4-7-13/h2-4,6-7,10-11,14-17H,5,8-9,12H2,1H3,(H,20,22)/t14?,15?,16?,17-/m0/s1. The lowest BCUT2D eigenvalue weighted by Crippen LogP contribution is -2.51. The summed E-state index contributed by atoms with van der Waals surface area (Å²) in [5.41, 5.74) is 0.930. The molecule has 2 bridgehead atoms. The molecule has 0 aliphatic heterocycles. The van der Waals surface area contributed by atoms with Gasteiger partial charge in [-0.2, -0.15) is 0 Å². The lowest BCUT2D eigenvalue weighted by Gasteiger charge is -2.35. The molecule has 0 radical (unpaired) electrons. The van der Waals surface area contributed by atoms with Gasteiger partial charge >= 0.3 is 12.1 Å². The van der Waals surface area contributed by atoms with Gasteiger partial charge in [-0.1, -0.05) is 48.9 Å². The van der Waals surface area contributed by atoms with E-state index >= 15 is 0 Å². The summed E-state index contributed by atoms with van der Waals surface area (Å²) in [6.45, 7) is 0.215. The van der Waals surface area contributed by atoms with E-state index in [9.17, 15) is 9.59 Å². The highest BCUT2D eigenvalue weighted by Crippen LogP contribution is 2.39. The number of hydrogen-bond donors (Lipinski definition) is 1. The summed E-state index contributed by atoms with van der Waals surface area (Å²) in [6.07, 6.45) is 6.70. The van der Waals surface area contributed by atoms with E-state index in [2.05, 4.69) is 17.5 Å². The Morgan fingerprint density at radius 3 is 2.58 bits per heavy atom. The molecule has 3 aliphatic carbocycles. The SMILES string of the molecule is COC(=O)C1C2C=CC(CCC2)[C@@H]1NC(=O)OCc1ccccc1. The molecular weight excluding hydrogens is 306 g/mol. The van der Waals surface area contributed by atoms with Gasteiger partial charge in [0.25, 0.3) is 0 Å². The molecule has 0 heterocycles. The number of benzene rings is 1. The van der Waals surface area contributed by atoms with Crippen LogP contribution in [0.4, 0.5) is 4.79 Å². The number of carbonyl (C=O) groups is 2. The van der Waals surface area contributed by atoms with Crippen molar-refractivity contribution in [1.29, 1.82) is 0 Å². The number of ether oxygens (including phenoxy) is 2. The van der Waals surface area contributed by atoms with Crippen LogP contribution >= 0.6 is 0 Å². The van der Waals surface area contributed by atoms with Crippen LogP contribution in [0.2, 0.25) is 0 Å². The Hall–Kier alpha value is -2.30. The highest BCUT2D eigenvalue weighted by Gasteiger charge is 2.44. The van der Waals surface area contributed by atoms with Gasteiger partial charge in [-0.15, -0.1) is 0 Å². The third-order valence-corrected chi connectivity index (χ3v) is 4.96. The Morgan fingerprint density at radius 1 is 1.12 bits per heavy atom. The van der Waals surface area contributed by atoms with Crippen LogP contribution in [-0.4, -0.2) is 25.2 Å². The molecule has 1 fully saturated rings. The van der Waals surface area contributed by atoms with E-state index in [1.54, 1.807) is 0 Å². The fourth-order valence-electron chi connectivity index (χ4n) is 3.75. The summed E-state index contributed by atoms with van der Waals surface area (Å²) in [4.78, 5) is 24.5. The van der Waals surface area contributed by atoms with Crippen LogP contribution < -0.4 is 5.32 Å². The van der Waals surface area contributed by atoms with Gasteiger partial charge in [0.2, 0.25) is 0 Å². The summed E-state index contributed by atoms with van der Waals surface area (Å²) in [5, 5.41) is 2.91. The molecule has 3 unspecified atom stereocenters. The molecule has 1 aromatic carbocycles. The van der Waals surface area contributed by atoms with Crippen LogP contribution in [0, 0.1) is 17.8 Å². The van der Waals surface area contributed by atoms with E-state index in [4.69, 9.17) is 9.47 Å². The first-order valence-electron chi connectivity index (χ1n) is 8.42. The molecule has 128 valence electrons. The number of allylic oxidation sites excluding steroid dienone is 1. The molecule has 1 aromatic rings. The van der Waals surface area contributed by atoms with Gasteiger partial charge in [0.15, 0.2) is 0 Å². The number of amides is 1. The molecule has 24 heavy (non-hydrogen) atoms. The van der Waals surface area contributed by atoms with Gasteiger partial charge < -0.3 is 14.8 Å². The molecule has 5 nitrogen and oxygen atoms in total. The second-order valence-corrected chi connectivity index (χ2v) is 6.42. The van der Waals surface area contributed by atoms with E-state index in [1.807, 2.05) is 30.3 Å².